The Kier molecular flexibility index (Phi) is 2.90. The molecule has 4 rings (SSSR count). The molecule has 3 heterocycles. The molecule has 2 aromatic heterocycles. The Morgan fingerprint density at radius 1 is 1.39 bits per heavy atom. The van der Waals surface area contributed by atoms with E-state index < -0.39 is 5.79 Å². The number of nitrogens with zero attached hydrogens (tertiary/aromatic N) is 3. The molecule has 0 spiro atoms. The average Bonchev–Trinajstić information content (AvgIpc) is 3.07. The maximum atomic E-state index is 6.26. The van der Waals surface area contributed by atoms with Crippen molar-refractivity contribution < 1.29 is 9.47 Å². The summed E-state index contributed by atoms with van der Waals surface area (Å²) in [4.78, 5) is 8.48. The lowest BCUT2D eigenvalue weighted by Crippen LogP contribution is -2.39. The van der Waals surface area contributed by atoms with Crippen molar-refractivity contribution in [1.29, 1.82) is 0 Å². The number of fused-ring (bicyclic) bond motifs is 2. The largest absolute Gasteiger partial charge is 0.383 e. The summed E-state index contributed by atoms with van der Waals surface area (Å²) < 4.78 is 14.7. The van der Waals surface area contributed by atoms with Crippen LogP contribution in [0.4, 0.5) is 5.82 Å². The van der Waals surface area contributed by atoms with E-state index in [2.05, 4.69) is 28.0 Å². The van der Waals surface area contributed by atoms with Crippen LogP contribution in [-0.4, -0.2) is 32.0 Å². The van der Waals surface area contributed by atoms with Gasteiger partial charge in [0.15, 0.2) is 5.79 Å². The second kappa shape index (κ2) is 4.55. The van der Waals surface area contributed by atoms with Crippen molar-refractivity contribution in [2.45, 2.75) is 50.7 Å². The van der Waals surface area contributed by atoms with E-state index in [4.69, 9.17) is 15.2 Å². The topological polar surface area (TPSA) is 75.2 Å². The molecule has 0 unspecified atom stereocenters. The van der Waals surface area contributed by atoms with Gasteiger partial charge in [-0.15, -0.1) is 6.58 Å². The molecule has 1 saturated heterocycles. The molecule has 1 aliphatic carbocycles. The van der Waals surface area contributed by atoms with Gasteiger partial charge in [-0.2, -0.15) is 0 Å². The standard InChI is InChI=1S/C17H22N4O2/c1-5-10-8-12(13-17(10,4)23-16(2,3)22-13)21-7-6-11-14(18)19-9-20-15(11)21/h5-7,9-10,12-13H,1,8H2,2-4H3,(H2,18,19,20)/t10-,12+,13-,17+/m0/s1. The lowest BCUT2D eigenvalue weighted by molar-refractivity contribution is -0.173. The maximum absolute atomic E-state index is 6.26. The Balaban J connectivity index is 1.82. The van der Waals surface area contributed by atoms with Crippen molar-refractivity contribution in [2.75, 3.05) is 5.73 Å². The summed E-state index contributed by atoms with van der Waals surface area (Å²) in [6, 6.07) is 2.08. The van der Waals surface area contributed by atoms with Crippen LogP contribution in [0.1, 0.15) is 33.2 Å². The smallest absolute Gasteiger partial charge is 0.164 e. The predicted molar refractivity (Wildman–Crippen MR) is 87.7 cm³/mol. The first-order chi connectivity index (χ1) is 10.9. The average molecular weight is 314 g/mol. The quantitative estimate of drug-likeness (QED) is 0.863. The van der Waals surface area contributed by atoms with Crippen molar-refractivity contribution in [2.24, 2.45) is 5.92 Å². The van der Waals surface area contributed by atoms with Gasteiger partial charge in [-0.25, -0.2) is 9.97 Å². The molecule has 23 heavy (non-hydrogen) atoms. The summed E-state index contributed by atoms with van der Waals surface area (Å²) in [5, 5.41) is 0.870. The van der Waals surface area contributed by atoms with Crippen molar-refractivity contribution in [3.8, 4) is 0 Å². The van der Waals surface area contributed by atoms with E-state index in [1.165, 1.54) is 6.33 Å². The molecular weight excluding hydrogens is 292 g/mol. The molecule has 122 valence electrons. The molecular formula is C17H22N4O2. The van der Waals surface area contributed by atoms with Gasteiger partial charge in [0.05, 0.1) is 11.4 Å². The van der Waals surface area contributed by atoms with E-state index in [1.54, 1.807) is 0 Å². The molecule has 2 aliphatic rings. The van der Waals surface area contributed by atoms with Crippen LogP contribution < -0.4 is 5.73 Å². The minimum atomic E-state index is -0.601. The van der Waals surface area contributed by atoms with Crippen molar-refractivity contribution in [3.05, 3.63) is 31.2 Å². The normalized spacial score (nSPS) is 35.5. The molecule has 2 aromatic rings. The Bertz CT molecular complexity index is 784. The highest BCUT2D eigenvalue weighted by molar-refractivity contribution is 5.86. The van der Waals surface area contributed by atoms with Crippen LogP contribution in [-0.2, 0) is 9.47 Å². The first-order valence-corrected chi connectivity index (χ1v) is 7.93. The fourth-order valence-electron chi connectivity index (χ4n) is 4.25. The van der Waals surface area contributed by atoms with Crippen LogP contribution in [0, 0.1) is 5.92 Å². The molecule has 0 amide bonds. The van der Waals surface area contributed by atoms with Crippen LogP contribution in [0.25, 0.3) is 11.0 Å². The van der Waals surface area contributed by atoms with E-state index in [9.17, 15) is 0 Å². The number of anilines is 1. The Hall–Kier alpha value is -1.92. The third kappa shape index (κ3) is 1.95. The van der Waals surface area contributed by atoms with Gasteiger partial charge in [-0.3, -0.25) is 0 Å². The van der Waals surface area contributed by atoms with Crippen LogP contribution >= 0.6 is 0 Å². The molecule has 6 heteroatoms. The van der Waals surface area contributed by atoms with Crippen LogP contribution in [0.5, 0.6) is 0 Å². The van der Waals surface area contributed by atoms with Gasteiger partial charge in [0.2, 0.25) is 0 Å². The lowest BCUT2D eigenvalue weighted by Gasteiger charge is -2.28. The predicted octanol–water partition coefficient (Wildman–Crippen LogP) is 2.67. The van der Waals surface area contributed by atoms with Crippen LogP contribution in [0.2, 0.25) is 0 Å². The first kappa shape index (κ1) is 14.7. The maximum Gasteiger partial charge on any atom is 0.164 e. The first-order valence-electron chi connectivity index (χ1n) is 7.93. The Morgan fingerprint density at radius 3 is 2.91 bits per heavy atom. The molecule has 4 atom stereocenters. The second-order valence-corrected chi connectivity index (χ2v) is 7.09. The molecule has 2 fully saturated rings. The summed E-state index contributed by atoms with van der Waals surface area (Å²) in [5.74, 6) is 0.116. The zero-order chi connectivity index (χ0) is 16.4. The van der Waals surface area contributed by atoms with E-state index in [1.807, 2.05) is 32.2 Å². The number of nitrogen functional groups attached to an aromatic ring is 1. The lowest BCUT2D eigenvalue weighted by atomic mass is 9.91. The Labute approximate surface area is 135 Å². The third-order valence-corrected chi connectivity index (χ3v) is 5.20. The van der Waals surface area contributed by atoms with Crippen molar-refractivity contribution in [1.82, 2.24) is 14.5 Å². The monoisotopic (exact) mass is 314 g/mol. The van der Waals surface area contributed by atoms with Crippen molar-refractivity contribution >= 4 is 16.9 Å². The molecule has 0 bridgehead atoms. The van der Waals surface area contributed by atoms with Crippen molar-refractivity contribution in [3.63, 3.8) is 0 Å². The van der Waals surface area contributed by atoms with Gasteiger partial charge < -0.3 is 19.8 Å². The highest BCUT2D eigenvalue weighted by Crippen LogP contribution is 2.54. The summed E-state index contributed by atoms with van der Waals surface area (Å²) in [6.07, 6.45) is 6.33. The number of hydrogen-bond acceptors (Lipinski definition) is 5. The summed E-state index contributed by atoms with van der Waals surface area (Å²) in [5.41, 5.74) is 6.41. The fourth-order valence-corrected chi connectivity index (χ4v) is 4.25. The van der Waals surface area contributed by atoms with E-state index in [0.717, 1.165) is 17.5 Å². The van der Waals surface area contributed by atoms with Gasteiger partial charge in [-0.1, -0.05) is 6.08 Å². The molecule has 1 saturated carbocycles. The highest BCUT2D eigenvalue weighted by atomic mass is 16.8. The SMILES string of the molecule is C=C[C@H]1C[C@@H](n2ccc3c(N)ncnc32)[C@@H]2OC(C)(C)O[C@]12C. The summed E-state index contributed by atoms with van der Waals surface area (Å²) in [6.45, 7) is 10.0. The summed E-state index contributed by atoms with van der Waals surface area (Å²) in [7, 11) is 0. The van der Waals surface area contributed by atoms with E-state index in [0.29, 0.717) is 5.82 Å². The molecule has 1 aliphatic heterocycles. The van der Waals surface area contributed by atoms with Crippen LogP contribution in [0.3, 0.4) is 0 Å². The summed E-state index contributed by atoms with van der Waals surface area (Å²) >= 11 is 0. The number of ether oxygens (including phenoxy) is 2. The van der Waals surface area contributed by atoms with Gasteiger partial charge in [0.25, 0.3) is 0 Å². The molecule has 6 nitrogen and oxygen atoms in total. The molecule has 0 radical (unpaired) electrons. The number of nitrogens with two attached hydrogens (primary N) is 1. The zero-order valence-corrected chi connectivity index (χ0v) is 13.7. The highest BCUT2D eigenvalue weighted by Gasteiger charge is 2.61. The van der Waals surface area contributed by atoms with Gasteiger partial charge in [0, 0.05) is 12.1 Å². The van der Waals surface area contributed by atoms with Gasteiger partial charge in [0.1, 0.15) is 29.5 Å². The molecule has 0 aromatic carbocycles. The van der Waals surface area contributed by atoms with E-state index in [-0.39, 0.29) is 23.7 Å². The minimum absolute atomic E-state index is 0.0627. The minimum Gasteiger partial charge on any atom is -0.383 e. The Morgan fingerprint density at radius 2 is 2.17 bits per heavy atom. The molecule has 2 N–H and O–H groups in total. The number of aromatic nitrogens is 3. The zero-order valence-electron chi connectivity index (χ0n) is 13.7. The third-order valence-electron chi connectivity index (χ3n) is 5.20. The van der Waals surface area contributed by atoms with E-state index >= 15 is 0 Å². The fraction of sp³-hybridized carbons (Fsp3) is 0.529. The van der Waals surface area contributed by atoms with Gasteiger partial charge in [-0.05, 0) is 33.3 Å². The number of hydrogen-bond donors (Lipinski definition) is 1. The second-order valence-electron chi connectivity index (χ2n) is 7.09. The number of rotatable bonds is 2. The van der Waals surface area contributed by atoms with Gasteiger partial charge >= 0.3 is 0 Å². The van der Waals surface area contributed by atoms with Crippen LogP contribution in [0.15, 0.2) is 31.2 Å².